The maximum absolute atomic E-state index is 5.85. The smallest absolute Gasteiger partial charge is 0.00434 e. The van der Waals surface area contributed by atoms with Crippen LogP contribution >= 0.6 is 10.0 Å². The van der Waals surface area contributed by atoms with Crippen molar-refractivity contribution in [3.05, 3.63) is 0 Å². The summed E-state index contributed by atoms with van der Waals surface area (Å²) in [5.74, 6) is 2.68. The summed E-state index contributed by atoms with van der Waals surface area (Å²) >= 11 is 0. The highest BCUT2D eigenvalue weighted by Gasteiger charge is 2.10. The molecule has 70 valence electrons. The van der Waals surface area contributed by atoms with Crippen molar-refractivity contribution in [3.63, 3.8) is 0 Å². The Morgan fingerprint density at radius 3 is 2.18 bits per heavy atom. The van der Waals surface area contributed by atoms with E-state index in [1.54, 1.807) is 0 Å². The monoisotopic (exact) mass is 177 g/mol. The second kappa shape index (κ2) is 5.04. The molecule has 0 aromatic heterocycles. The van der Waals surface area contributed by atoms with E-state index in [-0.39, 0.29) is 10.0 Å². The highest BCUT2D eigenvalue weighted by atomic mass is 32.3. The summed E-state index contributed by atoms with van der Waals surface area (Å²) in [5, 5.41) is 0. The van der Waals surface area contributed by atoms with Crippen LogP contribution in [0.2, 0.25) is 0 Å². The Labute approximate surface area is 73.1 Å². The molecule has 0 fully saturated rings. The minimum Gasteiger partial charge on any atom is -0.328 e. The van der Waals surface area contributed by atoms with Crippen LogP contribution in [0.15, 0.2) is 0 Å². The molecule has 0 aromatic rings. The lowest BCUT2D eigenvalue weighted by atomic mass is 10.2. The van der Waals surface area contributed by atoms with Crippen LogP contribution in [0.3, 0.4) is 0 Å². The lowest BCUT2D eigenvalue weighted by molar-refractivity contribution is 0.633. The standard InChI is InChI=1S/C9H23NS/c1-5-9(10)7-8-11(3,4)6-2/h9H,5-8,10H2,1-4H3. The summed E-state index contributed by atoms with van der Waals surface area (Å²) < 4.78 is 0. The first-order valence-electron chi connectivity index (χ1n) is 4.46. The van der Waals surface area contributed by atoms with Crippen LogP contribution in [-0.2, 0) is 0 Å². The molecule has 0 rings (SSSR count). The van der Waals surface area contributed by atoms with Crippen molar-refractivity contribution >= 4 is 10.0 Å². The third kappa shape index (κ3) is 5.57. The van der Waals surface area contributed by atoms with Gasteiger partial charge in [0.15, 0.2) is 0 Å². The maximum Gasteiger partial charge on any atom is 0.00434 e. The van der Waals surface area contributed by atoms with Crippen LogP contribution in [0.4, 0.5) is 0 Å². The van der Waals surface area contributed by atoms with Crippen LogP contribution < -0.4 is 5.73 Å². The normalized spacial score (nSPS) is 16.5. The maximum atomic E-state index is 5.85. The molecule has 0 spiro atoms. The summed E-state index contributed by atoms with van der Waals surface area (Å²) in [5.41, 5.74) is 5.85. The van der Waals surface area contributed by atoms with Crippen molar-refractivity contribution in [3.8, 4) is 0 Å². The second-order valence-corrected chi connectivity index (χ2v) is 8.24. The topological polar surface area (TPSA) is 26.0 Å². The summed E-state index contributed by atoms with van der Waals surface area (Å²) in [6, 6.07) is 0.438. The number of hydrogen-bond donors (Lipinski definition) is 1. The SMILES string of the molecule is CCC(N)CCS(C)(C)CC. The predicted molar refractivity (Wildman–Crippen MR) is 57.7 cm³/mol. The fourth-order valence-electron chi connectivity index (χ4n) is 0.819. The van der Waals surface area contributed by atoms with E-state index >= 15 is 0 Å². The molecule has 0 aromatic carbocycles. The third-order valence-electron chi connectivity index (χ3n) is 2.35. The zero-order valence-electron chi connectivity index (χ0n) is 8.39. The number of nitrogens with two attached hydrogens (primary N) is 1. The van der Waals surface area contributed by atoms with Gasteiger partial charge in [-0.2, -0.15) is 0 Å². The van der Waals surface area contributed by atoms with Gasteiger partial charge in [-0.05, 0) is 36.9 Å². The molecular formula is C9H23NS. The minimum atomic E-state index is -0.305. The van der Waals surface area contributed by atoms with E-state index in [1.165, 1.54) is 17.9 Å². The largest absolute Gasteiger partial charge is 0.328 e. The van der Waals surface area contributed by atoms with Gasteiger partial charge in [0.25, 0.3) is 0 Å². The Kier molecular flexibility index (Phi) is 5.19. The van der Waals surface area contributed by atoms with Gasteiger partial charge < -0.3 is 5.73 Å². The van der Waals surface area contributed by atoms with Crippen LogP contribution in [0, 0.1) is 0 Å². The van der Waals surface area contributed by atoms with Gasteiger partial charge in [0.05, 0.1) is 0 Å². The van der Waals surface area contributed by atoms with Crippen LogP contribution in [0.1, 0.15) is 26.7 Å². The summed E-state index contributed by atoms with van der Waals surface area (Å²) in [7, 11) is -0.305. The van der Waals surface area contributed by atoms with Crippen molar-refractivity contribution in [2.24, 2.45) is 5.73 Å². The fraction of sp³-hybridized carbons (Fsp3) is 1.00. The molecule has 0 aliphatic carbocycles. The molecule has 0 saturated carbocycles. The first kappa shape index (κ1) is 11.3. The zero-order valence-corrected chi connectivity index (χ0v) is 9.21. The van der Waals surface area contributed by atoms with Gasteiger partial charge in [-0.15, -0.1) is 0 Å². The van der Waals surface area contributed by atoms with Gasteiger partial charge in [0.1, 0.15) is 0 Å². The molecule has 0 aliphatic rings. The Balaban J connectivity index is 3.52. The van der Waals surface area contributed by atoms with Crippen molar-refractivity contribution in [2.45, 2.75) is 32.7 Å². The van der Waals surface area contributed by atoms with Crippen molar-refractivity contribution in [2.75, 3.05) is 24.0 Å². The van der Waals surface area contributed by atoms with E-state index < -0.39 is 0 Å². The van der Waals surface area contributed by atoms with E-state index in [9.17, 15) is 0 Å². The fourth-order valence-corrected chi connectivity index (χ4v) is 2.05. The van der Waals surface area contributed by atoms with Gasteiger partial charge in [0, 0.05) is 6.04 Å². The lowest BCUT2D eigenvalue weighted by Crippen LogP contribution is -2.21. The van der Waals surface area contributed by atoms with Crippen LogP contribution in [0.5, 0.6) is 0 Å². The van der Waals surface area contributed by atoms with Crippen molar-refractivity contribution in [1.82, 2.24) is 0 Å². The zero-order chi connectivity index (χ0) is 8.91. The molecule has 11 heavy (non-hydrogen) atoms. The van der Waals surface area contributed by atoms with Crippen molar-refractivity contribution < 1.29 is 0 Å². The average Bonchev–Trinajstić information content (AvgIpc) is 2.00. The van der Waals surface area contributed by atoms with E-state index in [4.69, 9.17) is 5.73 Å². The highest BCUT2D eigenvalue weighted by molar-refractivity contribution is 8.32. The van der Waals surface area contributed by atoms with Gasteiger partial charge in [-0.1, -0.05) is 13.8 Å². The predicted octanol–water partition coefficient (Wildman–Crippen LogP) is 2.20. The lowest BCUT2D eigenvalue weighted by Gasteiger charge is -2.30. The Bertz CT molecular complexity index is 102. The number of rotatable bonds is 5. The molecule has 0 bridgehead atoms. The van der Waals surface area contributed by atoms with E-state index in [0.717, 1.165) is 6.42 Å². The first-order chi connectivity index (χ1) is 5.02. The molecule has 0 saturated heterocycles. The van der Waals surface area contributed by atoms with Crippen molar-refractivity contribution in [1.29, 1.82) is 0 Å². The van der Waals surface area contributed by atoms with Crippen LogP contribution in [-0.4, -0.2) is 30.1 Å². The van der Waals surface area contributed by atoms with Gasteiger partial charge in [0.2, 0.25) is 0 Å². The van der Waals surface area contributed by atoms with Gasteiger partial charge in [-0.25, -0.2) is 10.0 Å². The molecule has 0 amide bonds. The molecule has 0 heterocycles. The number of hydrogen-bond acceptors (Lipinski definition) is 1. The molecule has 1 nitrogen and oxygen atoms in total. The summed E-state index contributed by atoms with van der Waals surface area (Å²) in [4.78, 5) is 0. The van der Waals surface area contributed by atoms with E-state index in [1.807, 2.05) is 0 Å². The van der Waals surface area contributed by atoms with Crippen LogP contribution in [0.25, 0.3) is 0 Å². The Hall–Kier alpha value is 0.310. The summed E-state index contributed by atoms with van der Waals surface area (Å²) in [6.07, 6.45) is 7.14. The molecule has 2 N–H and O–H groups in total. The van der Waals surface area contributed by atoms with E-state index in [0.29, 0.717) is 6.04 Å². The third-order valence-corrected chi connectivity index (χ3v) is 5.25. The van der Waals surface area contributed by atoms with Gasteiger partial charge in [-0.3, -0.25) is 0 Å². The van der Waals surface area contributed by atoms with E-state index in [2.05, 4.69) is 26.4 Å². The highest BCUT2D eigenvalue weighted by Crippen LogP contribution is 2.39. The molecule has 1 unspecified atom stereocenters. The summed E-state index contributed by atoms with van der Waals surface area (Å²) in [6.45, 7) is 4.45. The first-order valence-corrected chi connectivity index (χ1v) is 7.25. The molecule has 1 atom stereocenters. The molecular weight excluding hydrogens is 154 g/mol. The Morgan fingerprint density at radius 2 is 1.82 bits per heavy atom. The Morgan fingerprint density at radius 1 is 1.27 bits per heavy atom. The average molecular weight is 177 g/mol. The van der Waals surface area contributed by atoms with Gasteiger partial charge >= 0.3 is 0 Å². The molecule has 0 aliphatic heterocycles. The minimum absolute atomic E-state index is 0.305. The quantitative estimate of drug-likeness (QED) is 0.684. The molecule has 2 heteroatoms. The molecule has 0 radical (unpaired) electrons. The second-order valence-electron chi connectivity index (χ2n) is 3.72.